The number of methoxy groups -OCH3 is 2. The number of fused-ring (bicyclic) bond motifs is 1. The minimum atomic E-state index is -0.255. The molecule has 2 aromatic carbocycles. The normalized spacial score (nSPS) is 10.4. The highest BCUT2D eigenvalue weighted by Gasteiger charge is 2.09. The van der Waals surface area contributed by atoms with Crippen molar-refractivity contribution in [3.05, 3.63) is 48.7 Å². The van der Waals surface area contributed by atoms with Crippen molar-refractivity contribution in [1.29, 1.82) is 0 Å². The summed E-state index contributed by atoms with van der Waals surface area (Å²) < 4.78 is 16.0. The highest BCUT2D eigenvalue weighted by molar-refractivity contribution is 5.93. The van der Waals surface area contributed by atoms with Gasteiger partial charge in [0.25, 0.3) is 5.91 Å². The number of ether oxygens (including phenoxy) is 3. The summed E-state index contributed by atoms with van der Waals surface area (Å²) in [5, 5.41) is 3.71. The Morgan fingerprint density at radius 2 is 1.88 bits per heavy atom. The molecule has 2 N–H and O–H groups in total. The molecule has 0 atom stereocenters. The Morgan fingerprint density at radius 1 is 1.04 bits per heavy atom. The van der Waals surface area contributed by atoms with Crippen molar-refractivity contribution in [2.24, 2.45) is 0 Å². The van der Waals surface area contributed by atoms with Gasteiger partial charge in [0.05, 0.1) is 14.2 Å². The average Bonchev–Trinajstić information content (AvgIpc) is 3.09. The molecule has 0 aliphatic carbocycles. The lowest BCUT2D eigenvalue weighted by molar-refractivity contribution is -0.118. The van der Waals surface area contributed by atoms with Crippen molar-refractivity contribution < 1.29 is 19.0 Å². The lowest BCUT2D eigenvalue weighted by atomic mass is 10.2. The van der Waals surface area contributed by atoms with Crippen LogP contribution in [-0.4, -0.2) is 31.7 Å². The van der Waals surface area contributed by atoms with Crippen LogP contribution in [0.1, 0.15) is 0 Å². The van der Waals surface area contributed by atoms with Crippen molar-refractivity contribution in [1.82, 2.24) is 4.98 Å². The van der Waals surface area contributed by atoms with Crippen LogP contribution in [0.15, 0.2) is 48.7 Å². The molecule has 0 aliphatic rings. The molecule has 6 heteroatoms. The maximum atomic E-state index is 12.1. The number of anilines is 1. The molecule has 0 unspecified atom stereocenters. The Hall–Kier alpha value is -3.15. The van der Waals surface area contributed by atoms with Crippen LogP contribution < -0.4 is 19.5 Å². The summed E-state index contributed by atoms with van der Waals surface area (Å²) in [6.07, 6.45) is 1.83. The number of H-pyrrole nitrogens is 1. The van der Waals surface area contributed by atoms with Crippen LogP contribution in [0.3, 0.4) is 0 Å². The monoisotopic (exact) mass is 326 g/mol. The van der Waals surface area contributed by atoms with E-state index in [1.807, 2.05) is 30.5 Å². The number of carbonyl (C=O) groups excluding carboxylic acids is 1. The Balaban J connectivity index is 1.65. The fraction of sp³-hybridized carbons (Fsp3) is 0.167. The summed E-state index contributed by atoms with van der Waals surface area (Å²) in [6, 6.07) is 12.7. The highest BCUT2D eigenvalue weighted by atomic mass is 16.5. The van der Waals surface area contributed by atoms with E-state index < -0.39 is 0 Å². The largest absolute Gasteiger partial charge is 0.493 e. The van der Waals surface area contributed by atoms with Crippen molar-refractivity contribution >= 4 is 22.5 Å². The van der Waals surface area contributed by atoms with E-state index in [0.717, 1.165) is 10.9 Å². The number of amides is 1. The van der Waals surface area contributed by atoms with E-state index in [1.54, 1.807) is 32.4 Å². The molecule has 0 saturated carbocycles. The maximum absolute atomic E-state index is 12.1. The first-order valence-electron chi connectivity index (χ1n) is 7.42. The predicted octanol–water partition coefficient (Wildman–Crippen LogP) is 3.20. The number of nitrogens with one attached hydrogen (secondary N) is 2. The zero-order valence-corrected chi connectivity index (χ0v) is 13.5. The van der Waals surface area contributed by atoms with E-state index in [0.29, 0.717) is 22.9 Å². The van der Waals surface area contributed by atoms with Gasteiger partial charge in [0.15, 0.2) is 18.1 Å². The van der Waals surface area contributed by atoms with Crippen LogP contribution >= 0.6 is 0 Å². The Kier molecular flexibility index (Phi) is 4.56. The van der Waals surface area contributed by atoms with E-state index in [9.17, 15) is 4.79 Å². The Bertz CT molecular complexity index is 857. The second-order valence-corrected chi connectivity index (χ2v) is 5.10. The molecule has 0 saturated heterocycles. The molecule has 3 rings (SSSR count). The van der Waals surface area contributed by atoms with E-state index in [1.165, 1.54) is 0 Å². The average molecular weight is 326 g/mol. The topological polar surface area (TPSA) is 72.6 Å². The van der Waals surface area contributed by atoms with Crippen molar-refractivity contribution in [3.63, 3.8) is 0 Å². The molecule has 0 radical (unpaired) electrons. The van der Waals surface area contributed by atoms with Gasteiger partial charge in [-0.15, -0.1) is 0 Å². The fourth-order valence-electron chi connectivity index (χ4n) is 2.44. The van der Waals surface area contributed by atoms with Crippen LogP contribution in [0.25, 0.3) is 10.9 Å². The summed E-state index contributed by atoms with van der Waals surface area (Å²) in [5.74, 6) is 1.56. The van der Waals surface area contributed by atoms with Gasteiger partial charge in [0.1, 0.15) is 5.75 Å². The first-order valence-corrected chi connectivity index (χ1v) is 7.42. The second kappa shape index (κ2) is 6.95. The molecule has 0 aliphatic heterocycles. The summed E-state index contributed by atoms with van der Waals surface area (Å²) in [5.41, 5.74) is 1.58. The zero-order chi connectivity index (χ0) is 16.9. The van der Waals surface area contributed by atoms with Gasteiger partial charge in [0.2, 0.25) is 0 Å². The Labute approximate surface area is 139 Å². The van der Waals surface area contributed by atoms with Gasteiger partial charge in [-0.1, -0.05) is 6.07 Å². The molecule has 6 nitrogen and oxygen atoms in total. The Morgan fingerprint density at radius 3 is 2.67 bits per heavy atom. The van der Waals surface area contributed by atoms with Crippen molar-refractivity contribution in [2.45, 2.75) is 0 Å². The molecule has 3 aromatic rings. The molecule has 1 amide bonds. The molecular formula is C18H18N2O4. The fourth-order valence-corrected chi connectivity index (χ4v) is 2.44. The van der Waals surface area contributed by atoms with E-state index in [-0.39, 0.29) is 12.5 Å². The third-order valence-electron chi connectivity index (χ3n) is 3.58. The van der Waals surface area contributed by atoms with Gasteiger partial charge in [-0.3, -0.25) is 4.79 Å². The van der Waals surface area contributed by atoms with Gasteiger partial charge in [-0.2, -0.15) is 0 Å². The summed E-state index contributed by atoms with van der Waals surface area (Å²) >= 11 is 0. The lowest BCUT2D eigenvalue weighted by Gasteiger charge is -2.11. The molecule has 124 valence electrons. The number of hydrogen-bond acceptors (Lipinski definition) is 4. The molecule has 1 heterocycles. The first kappa shape index (κ1) is 15.7. The third-order valence-corrected chi connectivity index (χ3v) is 3.58. The van der Waals surface area contributed by atoms with Crippen LogP contribution in [0.2, 0.25) is 0 Å². The van der Waals surface area contributed by atoms with Gasteiger partial charge in [-0.25, -0.2) is 0 Å². The van der Waals surface area contributed by atoms with Crippen LogP contribution in [0.5, 0.6) is 17.2 Å². The standard InChI is InChI=1S/C18H18N2O4/c1-22-16-7-6-12(10-17(16)23-2)20-18(21)11-24-15-5-3-4-14-13(15)8-9-19-14/h3-10,19H,11H2,1-2H3,(H,20,21). The molecular weight excluding hydrogens is 308 g/mol. The first-order chi connectivity index (χ1) is 11.7. The second-order valence-electron chi connectivity index (χ2n) is 5.10. The smallest absolute Gasteiger partial charge is 0.262 e. The van der Waals surface area contributed by atoms with Gasteiger partial charge in [-0.05, 0) is 30.3 Å². The number of aromatic amines is 1. The third kappa shape index (κ3) is 3.27. The van der Waals surface area contributed by atoms with Crippen LogP contribution in [0, 0.1) is 0 Å². The SMILES string of the molecule is COc1ccc(NC(=O)COc2cccc3[nH]ccc23)cc1OC. The quantitative estimate of drug-likeness (QED) is 0.729. The van der Waals surface area contributed by atoms with Crippen molar-refractivity contribution in [3.8, 4) is 17.2 Å². The number of aromatic nitrogens is 1. The van der Waals surface area contributed by atoms with Gasteiger partial charge < -0.3 is 24.5 Å². The van der Waals surface area contributed by atoms with E-state index >= 15 is 0 Å². The van der Waals surface area contributed by atoms with Gasteiger partial charge >= 0.3 is 0 Å². The van der Waals surface area contributed by atoms with E-state index in [4.69, 9.17) is 14.2 Å². The number of carbonyl (C=O) groups is 1. The summed E-state index contributed by atoms with van der Waals surface area (Å²) in [6.45, 7) is -0.0847. The molecule has 0 spiro atoms. The van der Waals surface area contributed by atoms with Gasteiger partial charge in [0, 0.05) is 28.9 Å². The molecule has 1 aromatic heterocycles. The van der Waals surface area contributed by atoms with Crippen LogP contribution in [-0.2, 0) is 4.79 Å². The number of rotatable bonds is 6. The molecule has 0 fully saturated rings. The number of hydrogen-bond donors (Lipinski definition) is 2. The highest BCUT2D eigenvalue weighted by Crippen LogP contribution is 2.29. The maximum Gasteiger partial charge on any atom is 0.262 e. The zero-order valence-electron chi connectivity index (χ0n) is 13.5. The van der Waals surface area contributed by atoms with Crippen LogP contribution in [0.4, 0.5) is 5.69 Å². The summed E-state index contributed by atoms with van der Waals surface area (Å²) in [4.78, 5) is 15.2. The number of benzene rings is 2. The molecule has 0 bridgehead atoms. The summed E-state index contributed by atoms with van der Waals surface area (Å²) in [7, 11) is 3.11. The minimum Gasteiger partial charge on any atom is -0.493 e. The lowest BCUT2D eigenvalue weighted by Crippen LogP contribution is -2.20. The minimum absolute atomic E-state index is 0.0847. The van der Waals surface area contributed by atoms with E-state index in [2.05, 4.69) is 10.3 Å². The van der Waals surface area contributed by atoms with Crippen molar-refractivity contribution in [2.75, 3.05) is 26.1 Å². The molecule has 24 heavy (non-hydrogen) atoms. The predicted molar refractivity (Wildman–Crippen MR) is 92.0 cm³/mol.